The molecule has 2 nitrogen and oxygen atoms in total. The van der Waals surface area contributed by atoms with E-state index in [4.69, 9.17) is 4.74 Å². The van der Waals surface area contributed by atoms with Crippen LogP contribution in [0.1, 0.15) is 37.7 Å². The van der Waals surface area contributed by atoms with E-state index in [1.165, 1.54) is 31.7 Å². The van der Waals surface area contributed by atoms with Crippen LogP contribution in [-0.4, -0.2) is 19.2 Å². The number of ether oxygens (including phenoxy) is 1. The average molecular weight is 251 g/mol. The number of hydrogen-bond acceptors (Lipinski definition) is 2. The third-order valence-corrected chi connectivity index (χ3v) is 3.51. The van der Waals surface area contributed by atoms with Gasteiger partial charge in [-0.15, -0.1) is 0 Å². The van der Waals surface area contributed by atoms with Crippen molar-refractivity contribution < 1.29 is 9.13 Å². The van der Waals surface area contributed by atoms with Gasteiger partial charge in [-0.05, 0) is 56.5 Å². The lowest BCUT2D eigenvalue weighted by Gasteiger charge is -2.12. The van der Waals surface area contributed by atoms with Crippen molar-refractivity contribution in [1.29, 1.82) is 0 Å². The molecule has 1 fully saturated rings. The van der Waals surface area contributed by atoms with E-state index in [2.05, 4.69) is 5.32 Å². The summed E-state index contributed by atoms with van der Waals surface area (Å²) in [6, 6.07) is 5.62. The van der Waals surface area contributed by atoms with Gasteiger partial charge < -0.3 is 10.1 Å². The van der Waals surface area contributed by atoms with E-state index in [-0.39, 0.29) is 5.82 Å². The molecule has 0 saturated heterocycles. The molecular weight excluding hydrogens is 229 g/mol. The summed E-state index contributed by atoms with van der Waals surface area (Å²) in [7, 11) is 0. The Bertz CT molecular complexity index is 375. The minimum Gasteiger partial charge on any atom is -0.494 e. The second-order valence-corrected chi connectivity index (χ2v) is 5.05. The highest BCUT2D eigenvalue weighted by Crippen LogP contribution is 2.18. The molecule has 1 aliphatic carbocycles. The molecule has 1 aromatic rings. The summed E-state index contributed by atoms with van der Waals surface area (Å²) < 4.78 is 18.6. The maximum absolute atomic E-state index is 13.0. The molecule has 1 aliphatic rings. The smallest absolute Gasteiger partial charge is 0.126 e. The van der Waals surface area contributed by atoms with Crippen molar-refractivity contribution in [2.24, 2.45) is 0 Å². The summed E-state index contributed by atoms with van der Waals surface area (Å²) in [6.07, 6.45) is 6.36. The van der Waals surface area contributed by atoms with Crippen molar-refractivity contribution in [1.82, 2.24) is 5.32 Å². The minimum absolute atomic E-state index is 0.176. The van der Waals surface area contributed by atoms with E-state index < -0.39 is 0 Å². The lowest BCUT2D eigenvalue weighted by atomic mass is 10.2. The van der Waals surface area contributed by atoms with Crippen molar-refractivity contribution in [3.8, 4) is 5.75 Å². The first-order valence-electron chi connectivity index (χ1n) is 6.88. The molecule has 1 saturated carbocycles. The van der Waals surface area contributed by atoms with Crippen LogP contribution in [0, 0.1) is 12.7 Å². The molecule has 0 bridgehead atoms. The zero-order valence-electron chi connectivity index (χ0n) is 11.0. The molecule has 2 rings (SSSR count). The van der Waals surface area contributed by atoms with Crippen LogP contribution in [0.25, 0.3) is 0 Å². The molecule has 0 aromatic heterocycles. The average Bonchev–Trinajstić information content (AvgIpc) is 2.86. The quantitative estimate of drug-likeness (QED) is 0.782. The fourth-order valence-corrected chi connectivity index (χ4v) is 2.41. The lowest BCUT2D eigenvalue weighted by Crippen LogP contribution is -2.27. The summed E-state index contributed by atoms with van der Waals surface area (Å²) in [5.74, 6) is 0.583. The summed E-state index contributed by atoms with van der Waals surface area (Å²) in [5, 5.41) is 3.55. The van der Waals surface area contributed by atoms with Gasteiger partial charge in [-0.1, -0.05) is 12.8 Å². The number of benzene rings is 1. The highest BCUT2D eigenvalue weighted by Gasteiger charge is 2.13. The van der Waals surface area contributed by atoms with Crippen LogP contribution in [0.3, 0.4) is 0 Å². The second-order valence-electron chi connectivity index (χ2n) is 5.05. The van der Waals surface area contributed by atoms with Crippen LogP contribution in [0.2, 0.25) is 0 Å². The van der Waals surface area contributed by atoms with Crippen molar-refractivity contribution in [2.45, 2.75) is 45.1 Å². The van der Waals surface area contributed by atoms with Crippen molar-refractivity contribution in [3.63, 3.8) is 0 Å². The largest absolute Gasteiger partial charge is 0.494 e. The fraction of sp³-hybridized carbons (Fsp3) is 0.600. The fourth-order valence-electron chi connectivity index (χ4n) is 2.41. The van der Waals surface area contributed by atoms with Crippen LogP contribution in [0.4, 0.5) is 4.39 Å². The van der Waals surface area contributed by atoms with Gasteiger partial charge in [0.2, 0.25) is 0 Å². The lowest BCUT2D eigenvalue weighted by molar-refractivity contribution is 0.304. The van der Waals surface area contributed by atoms with Gasteiger partial charge in [-0.3, -0.25) is 0 Å². The Labute approximate surface area is 109 Å². The van der Waals surface area contributed by atoms with E-state index in [1.54, 1.807) is 19.1 Å². The van der Waals surface area contributed by atoms with Crippen molar-refractivity contribution >= 4 is 0 Å². The van der Waals surface area contributed by atoms with Crippen molar-refractivity contribution in [3.05, 3.63) is 29.6 Å². The van der Waals surface area contributed by atoms with Crippen LogP contribution in [-0.2, 0) is 0 Å². The summed E-state index contributed by atoms with van der Waals surface area (Å²) >= 11 is 0. The maximum atomic E-state index is 13.0. The first kappa shape index (κ1) is 13.3. The summed E-state index contributed by atoms with van der Waals surface area (Å²) in [6.45, 7) is 3.44. The second kappa shape index (κ2) is 6.74. The molecule has 0 radical (unpaired) electrons. The summed E-state index contributed by atoms with van der Waals surface area (Å²) in [5.41, 5.74) is 0.636. The van der Waals surface area contributed by atoms with Gasteiger partial charge in [0.05, 0.1) is 6.61 Å². The number of rotatable bonds is 6. The van der Waals surface area contributed by atoms with Gasteiger partial charge in [-0.2, -0.15) is 0 Å². The monoisotopic (exact) mass is 251 g/mol. The van der Waals surface area contributed by atoms with Gasteiger partial charge in [0.1, 0.15) is 11.6 Å². The Morgan fingerprint density at radius 1 is 1.33 bits per heavy atom. The third-order valence-electron chi connectivity index (χ3n) is 3.51. The van der Waals surface area contributed by atoms with E-state index in [1.807, 2.05) is 0 Å². The Morgan fingerprint density at radius 3 is 2.83 bits per heavy atom. The molecule has 0 unspecified atom stereocenters. The standard InChI is InChI=1S/C15H22FNO/c1-12-11-14(7-8-15(12)16)18-10-4-9-17-13-5-2-3-6-13/h7-8,11,13,17H,2-6,9-10H2,1H3. The number of halogens is 1. The Balaban J connectivity index is 1.61. The van der Waals surface area contributed by atoms with Crippen molar-refractivity contribution in [2.75, 3.05) is 13.2 Å². The molecule has 100 valence electrons. The highest BCUT2D eigenvalue weighted by molar-refractivity contribution is 5.28. The minimum atomic E-state index is -0.176. The molecule has 0 aliphatic heterocycles. The Morgan fingerprint density at radius 2 is 2.11 bits per heavy atom. The topological polar surface area (TPSA) is 21.3 Å². The Kier molecular flexibility index (Phi) is 5.00. The van der Waals surface area contributed by atoms with Gasteiger partial charge >= 0.3 is 0 Å². The van der Waals surface area contributed by atoms with E-state index in [0.717, 1.165) is 24.8 Å². The third kappa shape index (κ3) is 3.98. The molecular formula is C15H22FNO. The Hall–Kier alpha value is -1.09. The first-order chi connectivity index (χ1) is 8.75. The molecule has 0 atom stereocenters. The van der Waals surface area contributed by atoms with E-state index in [0.29, 0.717) is 12.2 Å². The summed E-state index contributed by atoms with van der Waals surface area (Å²) in [4.78, 5) is 0. The van der Waals surface area contributed by atoms with Crippen LogP contribution >= 0.6 is 0 Å². The molecule has 18 heavy (non-hydrogen) atoms. The van der Waals surface area contributed by atoms with Crippen LogP contribution in [0.5, 0.6) is 5.75 Å². The van der Waals surface area contributed by atoms with Gasteiger partial charge in [0, 0.05) is 6.04 Å². The molecule has 3 heteroatoms. The number of nitrogens with one attached hydrogen (secondary N) is 1. The highest BCUT2D eigenvalue weighted by atomic mass is 19.1. The van der Waals surface area contributed by atoms with Gasteiger partial charge in [0.25, 0.3) is 0 Å². The van der Waals surface area contributed by atoms with Gasteiger partial charge in [-0.25, -0.2) is 4.39 Å². The molecule has 0 heterocycles. The predicted molar refractivity (Wildman–Crippen MR) is 71.5 cm³/mol. The molecule has 1 N–H and O–H groups in total. The van der Waals surface area contributed by atoms with E-state index in [9.17, 15) is 4.39 Å². The zero-order chi connectivity index (χ0) is 12.8. The molecule has 0 amide bonds. The molecule has 0 spiro atoms. The maximum Gasteiger partial charge on any atom is 0.126 e. The number of aryl methyl sites for hydroxylation is 1. The zero-order valence-corrected chi connectivity index (χ0v) is 11.0. The molecule has 1 aromatic carbocycles. The van der Waals surface area contributed by atoms with Crippen LogP contribution < -0.4 is 10.1 Å². The normalized spacial score (nSPS) is 16.1. The van der Waals surface area contributed by atoms with Gasteiger partial charge in [0.15, 0.2) is 0 Å². The SMILES string of the molecule is Cc1cc(OCCCNC2CCCC2)ccc1F. The first-order valence-corrected chi connectivity index (χ1v) is 6.88. The predicted octanol–water partition coefficient (Wildman–Crippen LogP) is 3.44. The number of hydrogen-bond donors (Lipinski definition) is 1. The van der Waals surface area contributed by atoms with Crippen LogP contribution in [0.15, 0.2) is 18.2 Å². The van der Waals surface area contributed by atoms with E-state index >= 15 is 0 Å².